The zero-order chi connectivity index (χ0) is 52.4. The van der Waals surface area contributed by atoms with Crippen molar-refractivity contribution in [2.24, 2.45) is 10.7 Å². The monoisotopic (exact) mass is 1030 g/mol. The fourth-order valence-corrected chi connectivity index (χ4v) is 6.96. The van der Waals surface area contributed by atoms with Crippen molar-refractivity contribution in [3.05, 3.63) is 154 Å². The number of nitrogens with zero attached hydrogens (tertiary/aromatic N) is 3. The number of carbonyl (C=O) groups excluding carboxylic acids is 4. The molecular formula is C57H71N8O10-. The summed E-state index contributed by atoms with van der Waals surface area (Å²) in [5, 5.41) is 34.4. The minimum absolute atomic E-state index is 0. The average molecular weight is 1030 g/mol. The Balaban J connectivity index is 0.000000391. The maximum atomic E-state index is 12.6. The van der Waals surface area contributed by atoms with Gasteiger partial charge >= 0.3 is 0 Å². The van der Waals surface area contributed by atoms with Crippen LogP contribution in [0.1, 0.15) is 89.7 Å². The molecule has 0 aromatic heterocycles. The van der Waals surface area contributed by atoms with E-state index >= 15 is 0 Å². The number of nitrogens with two attached hydrogens (primary N) is 1. The van der Waals surface area contributed by atoms with Gasteiger partial charge in [-0.2, -0.15) is 0 Å². The molecule has 4 aromatic rings. The Bertz CT molecular complexity index is 2630. The molecule has 2 heterocycles. The highest BCUT2D eigenvalue weighted by atomic mass is 16.6. The van der Waals surface area contributed by atoms with Gasteiger partial charge in [-0.1, -0.05) is 108 Å². The van der Waals surface area contributed by atoms with Gasteiger partial charge in [0.2, 0.25) is 0 Å². The lowest BCUT2D eigenvalue weighted by atomic mass is 10.1. The van der Waals surface area contributed by atoms with Gasteiger partial charge in [-0.15, -0.1) is 0 Å². The molecule has 75 heavy (non-hydrogen) atoms. The lowest BCUT2D eigenvalue weighted by Gasteiger charge is -2.29. The summed E-state index contributed by atoms with van der Waals surface area (Å²) in [6, 6.07) is 27.6. The molecule has 0 spiro atoms. The molecule has 0 unspecified atom stereocenters. The van der Waals surface area contributed by atoms with Crippen LogP contribution in [0.3, 0.4) is 0 Å². The first-order chi connectivity index (χ1) is 35.2. The number of hydrogen-bond acceptors (Lipinski definition) is 14. The number of rotatable bonds is 15. The maximum Gasteiger partial charge on any atom is 0.267 e. The number of allylic oxidation sites excluding steroid dienone is 2. The van der Waals surface area contributed by atoms with Gasteiger partial charge in [0.25, 0.3) is 23.6 Å². The molecule has 2 aliphatic rings. The minimum atomic E-state index is -1.27. The Morgan fingerprint density at radius 2 is 1.05 bits per heavy atom. The van der Waals surface area contributed by atoms with Gasteiger partial charge in [-0.3, -0.25) is 44.4 Å². The molecule has 2 saturated heterocycles. The van der Waals surface area contributed by atoms with E-state index in [0.717, 1.165) is 82.4 Å². The second kappa shape index (κ2) is 32.5. The van der Waals surface area contributed by atoms with E-state index < -0.39 is 53.9 Å². The first kappa shape index (κ1) is 61.6. The van der Waals surface area contributed by atoms with Crippen molar-refractivity contribution in [3.8, 4) is 23.7 Å². The third kappa shape index (κ3) is 22.6. The van der Waals surface area contributed by atoms with Crippen molar-refractivity contribution < 1.29 is 48.9 Å². The number of amides is 4. The van der Waals surface area contributed by atoms with E-state index in [-0.39, 0.29) is 27.0 Å². The second-order valence-corrected chi connectivity index (χ2v) is 17.7. The molecule has 0 saturated carbocycles. The van der Waals surface area contributed by atoms with E-state index in [1.807, 2.05) is 12.2 Å². The Labute approximate surface area is 441 Å². The summed E-state index contributed by atoms with van der Waals surface area (Å²) in [6.45, 7) is 13.4. The molecule has 0 radical (unpaired) electrons. The summed E-state index contributed by atoms with van der Waals surface area (Å²) in [5.74, 6) is 9.28. The molecule has 4 amide bonds. The van der Waals surface area contributed by atoms with E-state index in [1.54, 1.807) is 81.5 Å². The Kier molecular flexibility index (Phi) is 26.7. The molecule has 8 N–H and O–H groups in total. The van der Waals surface area contributed by atoms with Crippen molar-refractivity contribution >= 4 is 41.9 Å². The summed E-state index contributed by atoms with van der Waals surface area (Å²) in [4.78, 5) is 56.6. The quantitative estimate of drug-likeness (QED) is 0.0291. The van der Waals surface area contributed by atoms with Crippen LogP contribution in [0.2, 0.25) is 0 Å². The van der Waals surface area contributed by atoms with Gasteiger partial charge < -0.3 is 35.7 Å². The molecule has 2 atom stereocenters. The molecule has 18 heteroatoms. The van der Waals surface area contributed by atoms with Gasteiger partial charge in [0.05, 0.1) is 33.0 Å². The van der Waals surface area contributed by atoms with Gasteiger partial charge in [0.1, 0.15) is 18.2 Å². The molecule has 2 aliphatic heterocycles. The average Bonchev–Trinajstić information content (AvgIpc) is 3.40. The van der Waals surface area contributed by atoms with Crippen molar-refractivity contribution in [1.82, 2.24) is 31.4 Å². The SMILES string of the molecule is C.C.CC(C)(C)OC([O-])=NC[C@H](NC(=O)c1ccc(C#C/C=C\c2ccc(CN3CCOCC3)cc2)cc1)C(=O)NO.NC[C@H](NC(=O)c1ccc(C#C/C=C\c2ccc(CN3CCOCC3)cc2)cc1)C(=O)NO. The molecule has 6 rings (SSSR count). The Morgan fingerprint density at radius 1 is 0.667 bits per heavy atom. The van der Waals surface area contributed by atoms with Gasteiger partial charge in [-0.05, 0) is 95.1 Å². The van der Waals surface area contributed by atoms with Gasteiger partial charge in [0.15, 0.2) is 0 Å². The standard InChI is InChI=1S/C30H36N4O6.C25H28N4O4.2CH4/c1-30(2,3)40-29(37)31-20-26(28(36)33-38)32-27(35)25-14-12-23(13-15-25)7-5-4-6-22-8-10-24(11-9-22)21-34-16-18-39-19-17-34;26-17-23(25(31)28-32)27-24(30)22-11-9-20(10-12-22)4-2-1-3-19-5-7-21(8-6-19)18-29-13-15-33-16-14-29;;/h4,6,8-15,26,38H,16-21H2,1-3H3,(H,31,37)(H,32,35)(H,33,36);1,3,5-12,23,32H,13-18,26H2,(H,27,30)(H,28,31);2*1H4/p-1/b6-4-;3-1-;;/t26-;23-;;/m00../s1. The largest absolute Gasteiger partial charge is 0.595 e. The maximum absolute atomic E-state index is 12.6. The summed E-state index contributed by atoms with van der Waals surface area (Å²) in [6.07, 6.45) is 6.56. The minimum Gasteiger partial charge on any atom is -0.595 e. The zero-order valence-electron chi connectivity index (χ0n) is 41.3. The van der Waals surface area contributed by atoms with Crippen LogP contribution in [0.15, 0.2) is 114 Å². The number of morpholine rings is 2. The van der Waals surface area contributed by atoms with Gasteiger partial charge in [0, 0.05) is 73.7 Å². The Morgan fingerprint density at radius 3 is 1.43 bits per heavy atom. The predicted molar refractivity (Wildman–Crippen MR) is 288 cm³/mol. The lowest BCUT2D eigenvalue weighted by Crippen LogP contribution is -2.50. The molecular weight excluding hydrogens is 957 g/mol. The molecule has 400 valence electrons. The molecule has 0 bridgehead atoms. The first-order valence-electron chi connectivity index (χ1n) is 23.7. The number of hydrogen-bond donors (Lipinski definition) is 7. The van der Waals surface area contributed by atoms with Crippen LogP contribution in [-0.2, 0) is 36.9 Å². The van der Waals surface area contributed by atoms with Crippen LogP contribution in [0.5, 0.6) is 0 Å². The highest BCUT2D eigenvalue weighted by Gasteiger charge is 2.22. The number of benzene rings is 4. The number of carbonyl (C=O) groups is 4. The van der Waals surface area contributed by atoms with Crippen LogP contribution in [0.25, 0.3) is 12.2 Å². The van der Waals surface area contributed by atoms with Crippen LogP contribution in [-0.4, -0.2) is 133 Å². The van der Waals surface area contributed by atoms with E-state index in [4.69, 9.17) is 30.4 Å². The fourth-order valence-electron chi connectivity index (χ4n) is 6.96. The highest BCUT2D eigenvalue weighted by molar-refractivity contribution is 5.98. The van der Waals surface area contributed by atoms with Crippen LogP contribution >= 0.6 is 0 Å². The summed E-state index contributed by atoms with van der Waals surface area (Å²) in [5.41, 5.74) is 14.4. The number of ether oxygens (including phenoxy) is 3. The van der Waals surface area contributed by atoms with Crippen molar-refractivity contribution in [2.75, 3.05) is 65.7 Å². The van der Waals surface area contributed by atoms with Crippen molar-refractivity contribution in [2.45, 2.75) is 66.4 Å². The van der Waals surface area contributed by atoms with Crippen molar-refractivity contribution in [1.29, 1.82) is 0 Å². The van der Waals surface area contributed by atoms with E-state index in [0.29, 0.717) is 11.1 Å². The summed E-state index contributed by atoms with van der Waals surface area (Å²) >= 11 is 0. The van der Waals surface area contributed by atoms with Crippen LogP contribution in [0.4, 0.5) is 0 Å². The molecule has 4 aromatic carbocycles. The normalized spacial score (nSPS) is 14.6. The number of hydroxylamine groups is 2. The smallest absolute Gasteiger partial charge is 0.267 e. The number of aliphatic imine (C=N–C) groups is 1. The Hall–Kier alpha value is -7.65. The molecule has 18 nitrogen and oxygen atoms in total. The topological polar surface area (TPSA) is 252 Å². The molecule has 2 fully saturated rings. The highest BCUT2D eigenvalue weighted by Crippen LogP contribution is 2.13. The third-order valence-electron chi connectivity index (χ3n) is 10.9. The van der Waals surface area contributed by atoms with Crippen LogP contribution < -0.4 is 32.4 Å². The third-order valence-corrected chi connectivity index (χ3v) is 10.9. The first-order valence-corrected chi connectivity index (χ1v) is 23.7. The van der Waals surface area contributed by atoms with E-state index in [9.17, 15) is 24.3 Å². The number of nitrogens with one attached hydrogen (secondary N) is 4. The lowest BCUT2D eigenvalue weighted by molar-refractivity contribution is -0.260. The van der Waals surface area contributed by atoms with Crippen LogP contribution in [0, 0.1) is 23.7 Å². The van der Waals surface area contributed by atoms with E-state index in [2.05, 4.69) is 97.6 Å². The van der Waals surface area contributed by atoms with E-state index in [1.165, 1.54) is 22.1 Å². The van der Waals surface area contributed by atoms with Gasteiger partial charge in [-0.25, -0.2) is 11.0 Å². The second-order valence-electron chi connectivity index (χ2n) is 17.7. The predicted octanol–water partition coefficient (Wildman–Crippen LogP) is 4.14. The summed E-state index contributed by atoms with van der Waals surface area (Å²) in [7, 11) is 0. The molecule has 0 aliphatic carbocycles. The summed E-state index contributed by atoms with van der Waals surface area (Å²) < 4.78 is 15.8. The fraction of sp³-hybridized carbons (Fsp3) is 0.351. The zero-order valence-corrected chi connectivity index (χ0v) is 41.3. The van der Waals surface area contributed by atoms with Crippen molar-refractivity contribution in [3.63, 3.8) is 0 Å².